The van der Waals surface area contributed by atoms with Gasteiger partial charge in [0.1, 0.15) is 42.1 Å². The number of amides is 5. The summed E-state index contributed by atoms with van der Waals surface area (Å²) in [6.07, 6.45) is 0.312. The smallest absolute Gasteiger partial charge is 0.333 e. The Morgan fingerprint density at radius 3 is 2.08 bits per heavy atom. The molecule has 3 saturated heterocycles. The van der Waals surface area contributed by atoms with Gasteiger partial charge in [0.05, 0.1) is 0 Å². The van der Waals surface area contributed by atoms with Crippen LogP contribution in [-0.2, 0) is 51.1 Å². The van der Waals surface area contributed by atoms with E-state index in [1.54, 1.807) is 44.2 Å². The van der Waals surface area contributed by atoms with Crippen molar-refractivity contribution in [3.05, 3.63) is 102 Å². The van der Waals surface area contributed by atoms with Crippen LogP contribution < -0.4 is 20.9 Å². The highest BCUT2D eigenvalue weighted by Gasteiger charge is 2.45. The number of cyclic esters (lactones) is 1. The number of hydrogen-bond acceptors (Lipinski definition) is 10. The van der Waals surface area contributed by atoms with Gasteiger partial charge in [0, 0.05) is 65.7 Å². The number of carbonyl (C=O) groups is 7. The molecule has 15 heteroatoms. The average molecular weight is 850 g/mol. The number of Topliss-reactive ketones (excluding diaryl/α,β-unsaturated/α-hetero) is 1. The molecule has 0 aliphatic carbocycles. The largest absolute Gasteiger partial charge is 0.459 e. The molecule has 3 fully saturated rings. The van der Waals surface area contributed by atoms with Gasteiger partial charge in [-0.15, -0.1) is 0 Å². The summed E-state index contributed by atoms with van der Waals surface area (Å²) in [5, 5.41) is 8.91. The minimum atomic E-state index is -1.39. The lowest BCUT2D eigenvalue weighted by Gasteiger charge is -2.40. The summed E-state index contributed by atoms with van der Waals surface area (Å²) in [4.78, 5) is 106. The molecule has 15 nitrogen and oxygen atoms in total. The van der Waals surface area contributed by atoms with E-state index in [9.17, 15) is 33.6 Å². The van der Waals surface area contributed by atoms with Crippen molar-refractivity contribution in [2.75, 3.05) is 45.7 Å². The first-order valence-electron chi connectivity index (χ1n) is 21.6. The number of anilines is 1. The standard InChI is InChI=1S/C47H59N7O8/c1-6-36-44(58)53-26-13-18-37(53)45(59)52(5)39(28-32-19-21-34(22-20-32)51(3)4)46(60)54-27-24-35(55)29-38(54)42(56)50-41(33-16-11-8-12-17-33)47(61)62-30(2)40(43(57)49-36)48-25-23-31-14-9-7-10-15-31/h7-12,14-17,19-22,30,36-41,48H,6,13,18,23-29H2,1-5H3,(H,49,57)(H,50,56)/t30-,36-,37+,38+,39+,40+,41+/m1/s1. The van der Waals surface area contributed by atoms with Gasteiger partial charge in [-0.2, -0.15) is 0 Å². The number of fused-ring (bicyclic) bond motifs is 2. The molecule has 3 aliphatic rings. The zero-order chi connectivity index (χ0) is 44.5. The van der Waals surface area contributed by atoms with Crippen LogP contribution in [0.15, 0.2) is 84.9 Å². The van der Waals surface area contributed by atoms with Gasteiger partial charge < -0.3 is 40.3 Å². The third kappa shape index (κ3) is 10.7. The van der Waals surface area contributed by atoms with E-state index in [1.165, 1.54) is 21.7 Å². The maximum atomic E-state index is 15.0. The molecule has 0 bridgehead atoms. The summed E-state index contributed by atoms with van der Waals surface area (Å²) >= 11 is 0. The van der Waals surface area contributed by atoms with E-state index in [0.29, 0.717) is 31.4 Å². The quantitative estimate of drug-likeness (QED) is 0.272. The first kappa shape index (κ1) is 45.4. The predicted molar refractivity (Wildman–Crippen MR) is 233 cm³/mol. The molecule has 0 radical (unpaired) electrons. The molecule has 62 heavy (non-hydrogen) atoms. The van der Waals surface area contributed by atoms with Crippen LogP contribution in [0.25, 0.3) is 0 Å². The van der Waals surface area contributed by atoms with Gasteiger partial charge in [-0.3, -0.25) is 28.8 Å². The van der Waals surface area contributed by atoms with Crippen LogP contribution in [0.2, 0.25) is 0 Å². The molecule has 330 valence electrons. The fourth-order valence-corrected chi connectivity index (χ4v) is 8.51. The second kappa shape index (κ2) is 20.6. The van der Waals surface area contributed by atoms with Gasteiger partial charge in [-0.25, -0.2) is 4.79 Å². The van der Waals surface area contributed by atoms with Crippen molar-refractivity contribution in [2.45, 2.75) is 101 Å². The Kier molecular flexibility index (Phi) is 15.1. The highest BCUT2D eigenvalue weighted by atomic mass is 16.5. The summed E-state index contributed by atoms with van der Waals surface area (Å²) in [6.45, 7) is 3.84. The number of piperidine rings is 1. The maximum absolute atomic E-state index is 15.0. The van der Waals surface area contributed by atoms with Gasteiger partial charge in [-0.1, -0.05) is 79.7 Å². The summed E-state index contributed by atoms with van der Waals surface area (Å²) < 4.78 is 6.02. The van der Waals surface area contributed by atoms with Gasteiger partial charge in [0.2, 0.25) is 29.5 Å². The number of esters is 1. The maximum Gasteiger partial charge on any atom is 0.333 e. The Labute approximate surface area is 363 Å². The minimum Gasteiger partial charge on any atom is -0.459 e. The van der Waals surface area contributed by atoms with Gasteiger partial charge in [-0.05, 0) is 61.4 Å². The van der Waals surface area contributed by atoms with E-state index in [4.69, 9.17) is 4.74 Å². The second-order valence-corrected chi connectivity index (χ2v) is 16.6. The topological polar surface area (TPSA) is 178 Å². The van der Waals surface area contributed by atoms with Crippen molar-refractivity contribution in [1.82, 2.24) is 30.7 Å². The van der Waals surface area contributed by atoms with Crippen LogP contribution in [0, 0.1) is 0 Å². The highest BCUT2D eigenvalue weighted by Crippen LogP contribution is 2.27. The van der Waals surface area contributed by atoms with E-state index < -0.39 is 77.9 Å². The average Bonchev–Trinajstić information content (AvgIpc) is 3.77. The zero-order valence-electron chi connectivity index (χ0n) is 36.3. The summed E-state index contributed by atoms with van der Waals surface area (Å²) in [6, 6.07) is 18.8. The number of hydrogen-bond donors (Lipinski definition) is 3. The highest BCUT2D eigenvalue weighted by molar-refractivity contribution is 5.99. The minimum absolute atomic E-state index is 0.00209. The van der Waals surface area contributed by atoms with E-state index in [2.05, 4.69) is 16.0 Å². The molecule has 0 spiro atoms. The van der Waals surface area contributed by atoms with Crippen molar-refractivity contribution >= 4 is 47.0 Å². The molecule has 7 atom stereocenters. The van der Waals surface area contributed by atoms with E-state index in [1.807, 2.05) is 73.6 Å². The van der Waals surface area contributed by atoms with Crippen LogP contribution in [-0.4, -0.2) is 133 Å². The first-order chi connectivity index (χ1) is 29.8. The van der Waals surface area contributed by atoms with Crippen LogP contribution in [0.5, 0.6) is 0 Å². The molecule has 0 saturated carbocycles. The summed E-state index contributed by atoms with van der Waals surface area (Å²) in [7, 11) is 5.35. The summed E-state index contributed by atoms with van der Waals surface area (Å²) in [5.74, 6) is -3.88. The number of ketones is 1. The lowest BCUT2D eigenvalue weighted by atomic mass is 9.95. The molecule has 3 aliphatic heterocycles. The van der Waals surface area contributed by atoms with Crippen molar-refractivity contribution in [2.24, 2.45) is 0 Å². The number of ether oxygens (including phenoxy) is 1. The predicted octanol–water partition coefficient (Wildman–Crippen LogP) is 2.57. The Morgan fingerprint density at radius 2 is 1.42 bits per heavy atom. The number of nitrogens with one attached hydrogen (secondary N) is 3. The monoisotopic (exact) mass is 849 g/mol. The first-order valence-corrected chi connectivity index (χ1v) is 21.6. The van der Waals surface area contributed by atoms with Crippen LogP contribution in [0.3, 0.4) is 0 Å². The molecule has 5 amide bonds. The summed E-state index contributed by atoms with van der Waals surface area (Å²) in [5.41, 5.74) is 3.08. The molecule has 0 unspecified atom stereocenters. The lowest BCUT2D eigenvalue weighted by molar-refractivity contribution is -0.157. The SMILES string of the molecule is CC[C@H]1NC(=O)[C@@H](NCCc2ccccc2)[C@@H](C)OC(=O)[C@H](c2ccccc2)NC(=O)[C@@H]2CC(=O)CCN2C(=O)[C@H](Cc2ccc(N(C)C)cc2)N(C)C(=O)[C@@H]2CCCN2C1=O. The Morgan fingerprint density at radius 1 is 0.758 bits per heavy atom. The fraction of sp³-hybridized carbons (Fsp3) is 0.468. The van der Waals surface area contributed by atoms with Crippen molar-refractivity contribution < 1.29 is 38.3 Å². The molecular formula is C47H59N7O8. The second-order valence-electron chi connectivity index (χ2n) is 16.6. The fourth-order valence-electron chi connectivity index (χ4n) is 8.51. The lowest BCUT2D eigenvalue weighted by Crippen LogP contribution is -2.61. The van der Waals surface area contributed by atoms with Crippen molar-refractivity contribution in [3.8, 4) is 0 Å². The molecule has 3 N–H and O–H groups in total. The van der Waals surface area contributed by atoms with Gasteiger partial charge in [0.25, 0.3) is 0 Å². The molecular weight excluding hydrogens is 791 g/mol. The third-order valence-electron chi connectivity index (χ3n) is 12.2. The van der Waals surface area contributed by atoms with Gasteiger partial charge >= 0.3 is 5.97 Å². The van der Waals surface area contributed by atoms with Crippen molar-refractivity contribution in [3.63, 3.8) is 0 Å². The van der Waals surface area contributed by atoms with E-state index in [-0.39, 0.29) is 44.6 Å². The normalized spacial score (nSPS) is 25.8. The molecule has 3 aromatic rings. The van der Waals surface area contributed by atoms with Crippen molar-refractivity contribution in [1.29, 1.82) is 0 Å². The molecule has 0 aromatic heterocycles. The van der Waals surface area contributed by atoms with E-state index >= 15 is 0 Å². The van der Waals surface area contributed by atoms with Crippen LogP contribution in [0.4, 0.5) is 5.69 Å². The molecule has 3 aromatic carbocycles. The Bertz CT molecular complexity index is 2080. The van der Waals surface area contributed by atoms with Gasteiger partial charge in [0.15, 0.2) is 6.04 Å². The molecule has 6 rings (SSSR count). The number of rotatable bonds is 9. The number of carbonyl (C=O) groups excluding carboxylic acids is 7. The molecule has 3 heterocycles. The van der Waals surface area contributed by atoms with Crippen LogP contribution in [0.1, 0.15) is 68.7 Å². The number of benzene rings is 3. The zero-order valence-corrected chi connectivity index (χ0v) is 36.3. The Balaban J connectivity index is 1.40. The number of likely N-dealkylation sites (N-methyl/N-ethyl adjacent to an activating group) is 1. The van der Waals surface area contributed by atoms with Crippen LogP contribution >= 0.6 is 0 Å². The third-order valence-corrected chi connectivity index (χ3v) is 12.2. The number of nitrogens with zero attached hydrogens (tertiary/aromatic N) is 4. The van der Waals surface area contributed by atoms with E-state index in [0.717, 1.165) is 16.8 Å². The Hall–Kier alpha value is -6.09.